The summed E-state index contributed by atoms with van der Waals surface area (Å²) < 4.78 is 6.78. The van der Waals surface area contributed by atoms with Crippen molar-refractivity contribution in [1.29, 1.82) is 0 Å². The maximum Gasteiger partial charge on any atom is 0.356 e. The lowest BCUT2D eigenvalue weighted by Gasteiger charge is -2.02. The van der Waals surface area contributed by atoms with Crippen LogP contribution in [0.2, 0.25) is 0 Å². The summed E-state index contributed by atoms with van der Waals surface area (Å²) in [4.78, 5) is 12.6. The second kappa shape index (κ2) is 4.81. The zero-order chi connectivity index (χ0) is 13.2. The van der Waals surface area contributed by atoms with Crippen molar-refractivity contribution in [3.05, 3.63) is 41.4 Å². The molecular formula is C13H11N3O2S. The normalized spacial score (nSPS) is 10.8. The highest BCUT2D eigenvalue weighted by Gasteiger charge is 2.18. The van der Waals surface area contributed by atoms with E-state index in [0.29, 0.717) is 23.1 Å². The van der Waals surface area contributed by atoms with Crippen LogP contribution in [-0.4, -0.2) is 27.2 Å². The predicted molar refractivity (Wildman–Crippen MR) is 72.3 cm³/mol. The number of hydrogen-bond acceptors (Lipinski definition) is 5. The number of esters is 1. The fraction of sp³-hybridized carbons (Fsp3) is 0.154. The van der Waals surface area contributed by atoms with Crippen LogP contribution in [0.3, 0.4) is 0 Å². The van der Waals surface area contributed by atoms with E-state index in [4.69, 9.17) is 4.74 Å². The predicted octanol–water partition coefficient (Wildman–Crippen LogP) is 2.63. The van der Waals surface area contributed by atoms with Crippen molar-refractivity contribution in [3.63, 3.8) is 0 Å². The molecule has 1 aromatic carbocycles. The first-order valence-corrected chi connectivity index (χ1v) is 6.74. The quantitative estimate of drug-likeness (QED) is 0.688. The van der Waals surface area contributed by atoms with Gasteiger partial charge in [-0.25, -0.2) is 4.79 Å². The van der Waals surface area contributed by atoms with E-state index in [2.05, 4.69) is 10.2 Å². The zero-order valence-corrected chi connectivity index (χ0v) is 11.1. The van der Waals surface area contributed by atoms with E-state index in [1.54, 1.807) is 16.7 Å². The van der Waals surface area contributed by atoms with Crippen molar-refractivity contribution in [2.45, 2.75) is 6.92 Å². The molecular weight excluding hydrogens is 262 g/mol. The molecule has 6 heteroatoms. The number of aromatic nitrogens is 3. The molecule has 0 radical (unpaired) electrons. The van der Waals surface area contributed by atoms with E-state index in [9.17, 15) is 4.79 Å². The van der Waals surface area contributed by atoms with Crippen molar-refractivity contribution >= 4 is 22.3 Å². The first-order chi connectivity index (χ1) is 9.31. The summed E-state index contributed by atoms with van der Waals surface area (Å²) in [6.45, 7) is 2.13. The standard InChI is InChI=1S/C13H11N3O2S/c1-2-18-12(17)10-8-19-13-15-14-11(16(10)13)9-6-4-3-5-7-9/h3-8H,2H2,1H3. The van der Waals surface area contributed by atoms with E-state index < -0.39 is 0 Å². The number of benzene rings is 1. The summed E-state index contributed by atoms with van der Waals surface area (Å²) in [6, 6.07) is 9.65. The average molecular weight is 273 g/mol. The monoisotopic (exact) mass is 273 g/mol. The Kier molecular flexibility index (Phi) is 3.00. The molecule has 0 saturated heterocycles. The van der Waals surface area contributed by atoms with E-state index in [0.717, 1.165) is 5.56 Å². The maximum atomic E-state index is 11.9. The summed E-state index contributed by atoms with van der Waals surface area (Å²) in [6.07, 6.45) is 0. The van der Waals surface area contributed by atoms with Crippen molar-refractivity contribution < 1.29 is 9.53 Å². The summed E-state index contributed by atoms with van der Waals surface area (Å²) in [5.74, 6) is 0.297. The maximum absolute atomic E-state index is 11.9. The highest BCUT2D eigenvalue weighted by atomic mass is 32.1. The topological polar surface area (TPSA) is 56.5 Å². The van der Waals surface area contributed by atoms with Gasteiger partial charge < -0.3 is 4.74 Å². The molecule has 0 saturated carbocycles. The number of fused-ring (bicyclic) bond motifs is 1. The number of carbonyl (C=O) groups is 1. The number of carbonyl (C=O) groups excluding carboxylic acids is 1. The van der Waals surface area contributed by atoms with Crippen LogP contribution in [-0.2, 0) is 4.74 Å². The fourth-order valence-electron chi connectivity index (χ4n) is 1.84. The van der Waals surface area contributed by atoms with Crippen molar-refractivity contribution in [2.75, 3.05) is 6.61 Å². The van der Waals surface area contributed by atoms with Gasteiger partial charge in [-0.15, -0.1) is 21.5 Å². The van der Waals surface area contributed by atoms with E-state index >= 15 is 0 Å². The van der Waals surface area contributed by atoms with Crippen molar-refractivity contribution in [1.82, 2.24) is 14.6 Å². The smallest absolute Gasteiger partial charge is 0.356 e. The Morgan fingerprint density at radius 2 is 2.11 bits per heavy atom. The third-order valence-corrected chi connectivity index (χ3v) is 3.48. The van der Waals surface area contributed by atoms with Gasteiger partial charge in [0.2, 0.25) is 4.96 Å². The summed E-state index contributed by atoms with van der Waals surface area (Å²) in [5, 5.41) is 9.97. The molecule has 3 aromatic rings. The van der Waals surface area contributed by atoms with Crippen molar-refractivity contribution in [3.8, 4) is 11.4 Å². The molecule has 0 aliphatic rings. The molecule has 0 aliphatic heterocycles. The van der Waals surface area contributed by atoms with Gasteiger partial charge in [0.25, 0.3) is 0 Å². The van der Waals surface area contributed by atoms with Crippen molar-refractivity contribution in [2.24, 2.45) is 0 Å². The van der Waals surface area contributed by atoms with Crippen LogP contribution < -0.4 is 0 Å². The zero-order valence-electron chi connectivity index (χ0n) is 10.2. The van der Waals surface area contributed by atoms with Gasteiger partial charge in [0.05, 0.1) is 6.61 Å². The minimum Gasteiger partial charge on any atom is -0.461 e. The molecule has 2 aromatic heterocycles. The molecule has 3 rings (SSSR count). The summed E-state index contributed by atoms with van der Waals surface area (Å²) >= 11 is 1.37. The van der Waals surface area contributed by atoms with Gasteiger partial charge >= 0.3 is 5.97 Å². The van der Waals surface area contributed by atoms with Gasteiger partial charge in [-0.1, -0.05) is 30.3 Å². The highest BCUT2D eigenvalue weighted by Crippen LogP contribution is 2.24. The van der Waals surface area contributed by atoms with Crippen LogP contribution >= 0.6 is 11.3 Å². The largest absolute Gasteiger partial charge is 0.461 e. The molecule has 96 valence electrons. The summed E-state index contributed by atoms with van der Waals surface area (Å²) in [7, 11) is 0. The molecule has 19 heavy (non-hydrogen) atoms. The van der Waals surface area contributed by atoms with Crippen LogP contribution in [0, 0.1) is 0 Å². The first-order valence-electron chi connectivity index (χ1n) is 5.86. The molecule has 0 spiro atoms. The van der Waals surface area contributed by atoms with E-state index in [-0.39, 0.29) is 5.97 Å². The Morgan fingerprint density at radius 3 is 2.84 bits per heavy atom. The van der Waals surface area contributed by atoms with Crippen LogP contribution in [0.25, 0.3) is 16.3 Å². The van der Waals surface area contributed by atoms with Gasteiger partial charge in [-0.3, -0.25) is 4.40 Å². The molecule has 0 aliphatic carbocycles. The number of ether oxygens (including phenoxy) is 1. The molecule has 0 atom stereocenters. The minimum absolute atomic E-state index is 0.346. The van der Waals surface area contributed by atoms with Crippen LogP contribution in [0.4, 0.5) is 0 Å². The van der Waals surface area contributed by atoms with Gasteiger partial charge in [0.15, 0.2) is 5.82 Å². The van der Waals surface area contributed by atoms with Gasteiger partial charge in [-0.05, 0) is 6.92 Å². The van der Waals surface area contributed by atoms with Crippen LogP contribution in [0.1, 0.15) is 17.4 Å². The number of nitrogens with zero attached hydrogens (tertiary/aromatic N) is 3. The van der Waals surface area contributed by atoms with Gasteiger partial charge in [0.1, 0.15) is 5.69 Å². The molecule has 0 unspecified atom stereocenters. The van der Waals surface area contributed by atoms with Crippen LogP contribution in [0.15, 0.2) is 35.7 Å². The second-order valence-electron chi connectivity index (χ2n) is 3.85. The third kappa shape index (κ3) is 2.00. The number of rotatable bonds is 3. The lowest BCUT2D eigenvalue weighted by atomic mass is 10.2. The first kappa shape index (κ1) is 11.9. The highest BCUT2D eigenvalue weighted by molar-refractivity contribution is 7.15. The number of hydrogen-bond donors (Lipinski definition) is 0. The average Bonchev–Trinajstić information content (AvgIpc) is 3.01. The Bertz CT molecular complexity index is 718. The Hall–Kier alpha value is -2.21. The van der Waals surface area contributed by atoms with E-state index in [1.807, 2.05) is 30.3 Å². The Labute approximate surface area is 113 Å². The number of thiazole rings is 1. The molecule has 0 N–H and O–H groups in total. The second-order valence-corrected chi connectivity index (χ2v) is 4.69. The fourth-order valence-corrected chi connectivity index (χ4v) is 2.64. The molecule has 0 amide bonds. The van der Waals surface area contributed by atoms with Gasteiger partial charge in [0, 0.05) is 10.9 Å². The Balaban J connectivity index is 2.16. The molecule has 0 fully saturated rings. The molecule has 5 nitrogen and oxygen atoms in total. The summed E-state index contributed by atoms with van der Waals surface area (Å²) in [5.41, 5.74) is 1.38. The molecule has 0 bridgehead atoms. The van der Waals surface area contributed by atoms with E-state index in [1.165, 1.54) is 11.3 Å². The third-order valence-electron chi connectivity index (χ3n) is 2.67. The van der Waals surface area contributed by atoms with Crippen LogP contribution in [0.5, 0.6) is 0 Å². The lowest BCUT2D eigenvalue weighted by Crippen LogP contribution is -2.08. The molecule has 2 heterocycles. The van der Waals surface area contributed by atoms with Gasteiger partial charge in [-0.2, -0.15) is 0 Å². The Morgan fingerprint density at radius 1 is 1.32 bits per heavy atom. The lowest BCUT2D eigenvalue weighted by molar-refractivity contribution is 0.0518. The minimum atomic E-state index is -0.356. The SMILES string of the molecule is CCOC(=O)c1csc2nnc(-c3ccccc3)n12.